The molecule has 0 bridgehead atoms. The summed E-state index contributed by atoms with van der Waals surface area (Å²) < 4.78 is 31.8. The number of hydrogen-bond acceptors (Lipinski definition) is 3. The number of nitrogens with two attached hydrogens (primary N) is 1. The molecule has 2 rings (SSSR count). The number of nitrogens with one attached hydrogen (secondary N) is 1. The molecule has 0 unspecified atom stereocenters. The molecule has 114 valence electrons. The SMILES string of the molecule is Cc1ccc(C)c2c(C)c(C(=O)NCC(F)(F)CN)oc12. The molecule has 0 aliphatic rings. The van der Waals surface area contributed by atoms with Gasteiger partial charge < -0.3 is 15.5 Å². The number of halogens is 2. The number of aryl methyl sites for hydroxylation is 3. The summed E-state index contributed by atoms with van der Waals surface area (Å²) in [6, 6.07) is 3.83. The average Bonchev–Trinajstić information content (AvgIpc) is 2.80. The molecule has 0 aliphatic heterocycles. The highest BCUT2D eigenvalue weighted by Gasteiger charge is 2.29. The van der Waals surface area contributed by atoms with Crippen molar-refractivity contribution in [3.63, 3.8) is 0 Å². The van der Waals surface area contributed by atoms with Gasteiger partial charge in [-0.15, -0.1) is 0 Å². The molecular formula is C15H18F2N2O2. The maximum absolute atomic E-state index is 13.1. The predicted molar refractivity (Wildman–Crippen MR) is 76.8 cm³/mol. The van der Waals surface area contributed by atoms with E-state index in [1.165, 1.54) is 0 Å². The van der Waals surface area contributed by atoms with Gasteiger partial charge in [0.1, 0.15) is 5.58 Å². The molecule has 0 fully saturated rings. The van der Waals surface area contributed by atoms with Crippen LogP contribution in [-0.4, -0.2) is 24.9 Å². The lowest BCUT2D eigenvalue weighted by Crippen LogP contribution is -2.41. The van der Waals surface area contributed by atoms with E-state index in [0.717, 1.165) is 16.5 Å². The van der Waals surface area contributed by atoms with Crippen LogP contribution in [0.15, 0.2) is 16.5 Å². The minimum Gasteiger partial charge on any atom is -0.450 e. The van der Waals surface area contributed by atoms with Crippen molar-refractivity contribution in [3.8, 4) is 0 Å². The van der Waals surface area contributed by atoms with Gasteiger partial charge in [-0.1, -0.05) is 12.1 Å². The maximum atomic E-state index is 13.1. The third kappa shape index (κ3) is 2.90. The lowest BCUT2D eigenvalue weighted by Gasteiger charge is -2.13. The zero-order valence-corrected chi connectivity index (χ0v) is 12.2. The van der Waals surface area contributed by atoms with Crippen LogP contribution in [0.25, 0.3) is 11.0 Å². The van der Waals surface area contributed by atoms with Gasteiger partial charge in [-0.3, -0.25) is 4.79 Å². The molecule has 2 aromatic rings. The van der Waals surface area contributed by atoms with E-state index in [1.54, 1.807) is 6.92 Å². The Kier molecular flexibility index (Phi) is 4.00. The van der Waals surface area contributed by atoms with Gasteiger partial charge in [-0.05, 0) is 31.9 Å². The van der Waals surface area contributed by atoms with Crippen molar-refractivity contribution in [2.75, 3.05) is 13.1 Å². The molecule has 1 amide bonds. The van der Waals surface area contributed by atoms with E-state index >= 15 is 0 Å². The standard InChI is InChI=1S/C15H18F2N2O2/c1-8-4-5-9(2)12-11(8)10(3)13(21-12)14(20)19-7-15(16,17)6-18/h4-5H,6-7,18H2,1-3H3,(H,19,20). The molecule has 0 radical (unpaired) electrons. The van der Waals surface area contributed by atoms with Crippen molar-refractivity contribution in [3.05, 3.63) is 34.6 Å². The highest BCUT2D eigenvalue weighted by atomic mass is 19.3. The van der Waals surface area contributed by atoms with Crippen LogP contribution in [0, 0.1) is 20.8 Å². The molecule has 4 nitrogen and oxygen atoms in total. The molecule has 1 heterocycles. The lowest BCUT2D eigenvalue weighted by atomic mass is 10.0. The van der Waals surface area contributed by atoms with E-state index in [9.17, 15) is 13.6 Å². The molecule has 1 aromatic heterocycles. The Hall–Kier alpha value is -1.95. The Morgan fingerprint density at radius 1 is 1.29 bits per heavy atom. The molecule has 3 N–H and O–H groups in total. The minimum absolute atomic E-state index is 0.0650. The highest BCUT2D eigenvalue weighted by Crippen LogP contribution is 2.30. The Bertz CT molecular complexity index is 693. The van der Waals surface area contributed by atoms with Crippen molar-refractivity contribution in [1.82, 2.24) is 5.32 Å². The molecule has 1 aromatic carbocycles. The Morgan fingerprint density at radius 2 is 1.90 bits per heavy atom. The van der Waals surface area contributed by atoms with Crippen molar-refractivity contribution in [2.24, 2.45) is 5.73 Å². The second-order valence-corrected chi connectivity index (χ2v) is 5.20. The maximum Gasteiger partial charge on any atom is 0.287 e. The van der Waals surface area contributed by atoms with Crippen LogP contribution in [0.2, 0.25) is 0 Å². The number of carbonyl (C=O) groups is 1. The highest BCUT2D eigenvalue weighted by molar-refractivity contribution is 6.00. The number of furan rings is 1. The summed E-state index contributed by atoms with van der Waals surface area (Å²) in [6.07, 6.45) is 0. The van der Waals surface area contributed by atoms with Crippen LogP contribution in [0.1, 0.15) is 27.2 Å². The quantitative estimate of drug-likeness (QED) is 0.911. The zero-order chi connectivity index (χ0) is 15.8. The third-order valence-electron chi connectivity index (χ3n) is 3.50. The third-order valence-corrected chi connectivity index (χ3v) is 3.50. The first-order valence-electron chi connectivity index (χ1n) is 6.62. The van der Waals surface area contributed by atoms with Crippen molar-refractivity contribution < 1.29 is 18.0 Å². The normalized spacial score (nSPS) is 11.9. The summed E-state index contributed by atoms with van der Waals surface area (Å²) in [5.74, 6) is -3.72. The van der Waals surface area contributed by atoms with Crippen LogP contribution in [0.4, 0.5) is 8.78 Å². The van der Waals surface area contributed by atoms with Gasteiger partial charge in [-0.25, -0.2) is 8.78 Å². The minimum atomic E-state index is -3.12. The zero-order valence-electron chi connectivity index (χ0n) is 12.2. The second kappa shape index (κ2) is 5.44. The van der Waals surface area contributed by atoms with Crippen LogP contribution in [-0.2, 0) is 0 Å². The second-order valence-electron chi connectivity index (χ2n) is 5.20. The fraction of sp³-hybridized carbons (Fsp3) is 0.400. The van der Waals surface area contributed by atoms with E-state index in [-0.39, 0.29) is 5.76 Å². The number of rotatable bonds is 4. The number of carbonyl (C=O) groups excluding carboxylic acids is 1. The van der Waals surface area contributed by atoms with Crippen LogP contribution >= 0.6 is 0 Å². The first-order valence-corrected chi connectivity index (χ1v) is 6.62. The largest absolute Gasteiger partial charge is 0.450 e. The van der Waals surface area contributed by atoms with E-state index in [1.807, 2.05) is 26.0 Å². The molecule has 0 saturated carbocycles. The lowest BCUT2D eigenvalue weighted by molar-refractivity contribution is 0.0116. The predicted octanol–water partition coefficient (Wildman–Crippen LogP) is 2.68. The summed E-state index contributed by atoms with van der Waals surface area (Å²) in [7, 11) is 0. The number of fused-ring (bicyclic) bond motifs is 1. The number of benzene rings is 1. The van der Waals surface area contributed by atoms with Crippen LogP contribution in [0.5, 0.6) is 0 Å². The van der Waals surface area contributed by atoms with Crippen molar-refractivity contribution >= 4 is 16.9 Å². The first-order chi connectivity index (χ1) is 9.76. The number of alkyl halides is 2. The van der Waals surface area contributed by atoms with Crippen molar-refractivity contribution in [1.29, 1.82) is 0 Å². The Morgan fingerprint density at radius 3 is 2.48 bits per heavy atom. The van der Waals surface area contributed by atoms with Gasteiger partial charge in [0.2, 0.25) is 0 Å². The average molecular weight is 296 g/mol. The molecule has 0 atom stereocenters. The van der Waals surface area contributed by atoms with Crippen LogP contribution in [0.3, 0.4) is 0 Å². The molecule has 6 heteroatoms. The van der Waals surface area contributed by atoms with E-state index in [0.29, 0.717) is 11.1 Å². The fourth-order valence-electron chi connectivity index (χ4n) is 2.25. The summed E-state index contributed by atoms with van der Waals surface area (Å²) in [5.41, 5.74) is 8.07. The molecule has 0 saturated heterocycles. The topological polar surface area (TPSA) is 68.3 Å². The molecule has 0 spiro atoms. The van der Waals surface area contributed by atoms with E-state index in [2.05, 4.69) is 5.32 Å². The van der Waals surface area contributed by atoms with Gasteiger partial charge in [-0.2, -0.15) is 0 Å². The number of hydrogen-bond donors (Lipinski definition) is 2. The summed E-state index contributed by atoms with van der Waals surface area (Å²) in [6.45, 7) is 3.90. The van der Waals surface area contributed by atoms with Gasteiger partial charge in [0, 0.05) is 10.9 Å². The summed E-state index contributed by atoms with van der Waals surface area (Å²) in [5, 5.41) is 3.02. The number of amides is 1. The summed E-state index contributed by atoms with van der Waals surface area (Å²) in [4.78, 5) is 12.0. The monoisotopic (exact) mass is 296 g/mol. The first kappa shape index (κ1) is 15.4. The Balaban J connectivity index is 2.35. The molecule has 21 heavy (non-hydrogen) atoms. The van der Waals surface area contributed by atoms with Gasteiger partial charge in [0.25, 0.3) is 11.8 Å². The smallest absolute Gasteiger partial charge is 0.287 e. The van der Waals surface area contributed by atoms with Crippen LogP contribution < -0.4 is 11.1 Å². The fourth-order valence-corrected chi connectivity index (χ4v) is 2.25. The van der Waals surface area contributed by atoms with E-state index in [4.69, 9.17) is 10.2 Å². The van der Waals surface area contributed by atoms with Crippen molar-refractivity contribution in [2.45, 2.75) is 26.7 Å². The van der Waals surface area contributed by atoms with Gasteiger partial charge >= 0.3 is 0 Å². The summed E-state index contributed by atoms with van der Waals surface area (Å²) >= 11 is 0. The molecular weight excluding hydrogens is 278 g/mol. The van der Waals surface area contributed by atoms with Gasteiger partial charge in [0.15, 0.2) is 5.76 Å². The Labute approximate surface area is 121 Å². The van der Waals surface area contributed by atoms with E-state index < -0.39 is 24.9 Å². The molecule has 0 aliphatic carbocycles. The van der Waals surface area contributed by atoms with Gasteiger partial charge in [0.05, 0.1) is 13.1 Å².